The standard InChI is InChI=1S/C13H20BrNO2/c1-3-4-8-17-9-7-15-11-5-6-12(14)13(10-11)16-2/h5-6,10,15H,3-4,7-9H2,1-2H3. The molecule has 0 saturated heterocycles. The number of ether oxygens (including phenoxy) is 2. The van der Waals surface area contributed by atoms with Gasteiger partial charge in [-0.05, 0) is 34.5 Å². The highest BCUT2D eigenvalue weighted by Crippen LogP contribution is 2.27. The van der Waals surface area contributed by atoms with Gasteiger partial charge in [-0.2, -0.15) is 0 Å². The van der Waals surface area contributed by atoms with Crippen LogP contribution >= 0.6 is 15.9 Å². The van der Waals surface area contributed by atoms with Gasteiger partial charge in [-0.15, -0.1) is 0 Å². The minimum Gasteiger partial charge on any atom is -0.495 e. The number of halogens is 1. The predicted octanol–water partition coefficient (Wildman–Crippen LogP) is 3.69. The van der Waals surface area contributed by atoms with Gasteiger partial charge in [0.15, 0.2) is 0 Å². The SMILES string of the molecule is CCCCOCCNc1ccc(Br)c(OC)c1. The van der Waals surface area contributed by atoms with Crippen molar-refractivity contribution in [1.82, 2.24) is 0 Å². The van der Waals surface area contributed by atoms with Gasteiger partial charge in [-0.3, -0.25) is 0 Å². The third-order valence-corrected chi connectivity index (χ3v) is 3.02. The summed E-state index contributed by atoms with van der Waals surface area (Å²) in [6, 6.07) is 5.95. The Morgan fingerprint density at radius 1 is 1.29 bits per heavy atom. The van der Waals surface area contributed by atoms with Crippen molar-refractivity contribution < 1.29 is 9.47 Å². The van der Waals surface area contributed by atoms with E-state index in [9.17, 15) is 0 Å². The summed E-state index contributed by atoms with van der Waals surface area (Å²) in [6.07, 6.45) is 2.31. The molecule has 0 heterocycles. The molecule has 1 N–H and O–H groups in total. The van der Waals surface area contributed by atoms with Crippen molar-refractivity contribution >= 4 is 21.6 Å². The van der Waals surface area contributed by atoms with E-state index in [1.54, 1.807) is 7.11 Å². The van der Waals surface area contributed by atoms with Crippen molar-refractivity contribution in [2.45, 2.75) is 19.8 Å². The molecular formula is C13H20BrNO2. The molecule has 0 bridgehead atoms. The number of hydrogen-bond donors (Lipinski definition) is 1. The van der Waals surface area contributed by atoms with E-state index in [2.05, 4.69) is 28.2 Å². The van der Waals surface area contributed by atoms with Crippen LogP contribution in [-0.2, 0) is 4.74 Å². The Balaban J connectivity index is 2.27. The maximum absolute atomic E-state index is 5.47. The van der Waals surface area contributed by atoms with Crippen molar-refractivity contribution in [3.05, 3.63) is 22.7 Å². The van der Waals surface area contributed by atoms with Crippen LogP contribution in [0.5, 0.6) is 5.75 Å². The first-order valence-electron chi connectivity index (χ1n) is 5.93. The number of nitrogens with one attached hydrogen (secondary N) is 1. The average Bonchev–Trinajstić information content (AvgIpc) is 2.35. The third kappa shape index (κ3) is 5.41. The van der Waals surface area contributed by atoms with E-state index < -0.39 is 0 Å². The van der Waals surface area contributed by atoms with Crippen LogP contribution in [0.1, 0.15) is 19.8 Å². The number of rotatable bonds is 8. The second kappa shape index (κ2) is 8.37. The van der Waals surface area contributed by atoms with Crippen molar-refractivity contribution in [2.75, 3.05) is 32.2 Å². The van der Waals surface area contributed by atoms with Gasteiger partial charge in [0.1, 0.15) is 5.75 Å². The number of unbranched alkanes of at least 4 members (excludes halogenated alkanes) is 1. The Morgan fingerprint density at radius 2 is 2.12 bits per heavy atom. The number of benzene rings is 1. The third-order valence-electron chi connectivity index (χ3n) is 2.37. The first-order valence-corrected chi connectivity index (χ1v) is 6.72. The Kier molecular flexibility index (Phi) is 7.05. The van der Waals surface area contributed by atoms with Crippen molar-refractivity contribution in [1.29, 1.82) is 0 Å². The first kappa shape index (κ1) is 14.3. The van der Waals surface area contributed by atoms with E-state index in [0.717, 1.165) is 42.1 Å². The molecule has 0 spiro atoms. The minimum absolute atomic E-state index is 0.735. The lowest BCUT2D eigenvalue weighted by Crippen LogP contribution is -2.10. The molecule has 0 amide bonds. The molecule has 0 aliphatic carbocycles. The largest absolute Gasteiger partial charge is 0.495 e. The van der Waals surface area contributed by atoms with Crippen molar-refractivity contribution in [2.24, 2.45) is 0 Å². The quantitative estimate of drug-likeness (QED) is 0.743. The Hall–Kier alpha value is -0.740. The van der Waals surface area contributed by atoms with Gasteiger partial charge in [0.2, 0.25) is 0 Å². The highest BCUT2D eigenvalue weighted by molar-refractivity contribution is 9.10. The summed E-state index contributed by atoms with van der Waals surface area (Å²) in [6.45, 7) is 4.56. The summed E-state index contributed by atoms with van der Waals surface area (Å²) in [5.74, 6) is 0.835. The molecule has 0 aliphatic rings. The van der Waals surface area contributed by atoms with Gasteiger partial charge in [-0.25, -0.2) is 0 Å². The molecule has 1 aromatic carbocycles. The van der Waals surface area contributed by atoms with E-state index in [4.69, 9.17) is 9.47 Å². The molecule has 0 atom stereocenters. The second-order valence-corrected chi connectivity index (χ2v) is 4.60. The molecule has 1 rings (SSSR count). The Morgan fingerprint density at radius 3 is 2.82 bits per heavy atom. The van der Waals surface area contributed by atoms with Gasteiger partial charge in [0.25, 0.3) is 0 Å². The van der Waals surface area contributed by atoms with Crippen LogP contribution in [-0.4, -0.2) is 26.9 Å². The van der Waals surface area contributed by atoms with Crippen LogP contribution in [0.3, 0.4) is 0 Å². The van der Waals surface area contributed by atoms with Crippen LogP contribution in [0.4, 0.5) is 5.69 Å². The lowest BCUT2D eigenvalue weighted by molar-refractivity contribution is 0.141. The summed E-state index contributed by atoms with van der Waals surface area (Å²) >= 11 is 3.42. The van der Waals surface area contributed by atoms with Crippen LogP contribution in [0.25, 0.3) is 0 Å². The number of hydrogen-bond acceptors (Lipinski definition) is 3. The highest BCUT2D eigenvalue weighted by Gasteiger charge is 2.00. The summed E-state index contributed by atoms with van der Waals surface area (Å²) in [5, 5.41) is 3.30. The topological polar surface area (TPSA) is 30.5 Å². The fourth-order valence-electron chi connectivity index (χ4n) is 1.39. The van der Waals surface area contributed by atoms with Crippen LogP contribution < -0.4 is 10.1 Å². The van der Waals surface area contributed by atoms with E-state index in [1.807, 2.05) is 18.2 Å². The second-order valence-electron chi connectivity index (χ2n) is 3.74. The maximum Gasteiger partial charge on any atom is 0.135 e. The smallest absolute Gasteiger partial charge is 0.135 e. The molecule has 17 heavy (non-hydrogen) atoms. The van der Waals surface area contributed by atoms with Crippen LogP contribution in [0.15, 0.2) is 22.7 Å². The lowest BCUT2D eigenvalue weighted by atomic mass is 10.3. The average molecular weight is 302 g/mol. The molecule has 0 unspecified atom stereocenters. The summed E-state index contributed by atoms with van der Waals surface area (Å²) in [5.41, 5.74) is 1.05. The molecule has 4 heteroatoms. The van der Waals surface area contributed by atoms with E-state index in [1.165, 1.54) is 6.42 Å². The van der Waals surface area contributed by atoms with Gasteiger partial charge < -0.3 is 14.8 Å². The van der Waals surface area contributed by atoms with Gasteiger partial charge in [0, 0.05) is 24.9 Å². The van der Waals surface area contributed by atoms with E-state index in [-0.39, 0.29) is 0 Å². The maximum atomic E-state index is 5.47. The van der Waals surface area contributed by atoms with Crippen LogP contribution in [0, 0.1) is 0 Å². The molecule has 3 nitrogen and oxygen atoms in total. The fourth-order valence-corrected chi connectivity index (χ4v) is 1.79. The molecule has 0 aliphatic heterocycles. The van der Waals surface area contributed by atoms with Gasteiger partial charge in [-0.1, -0.05) is 13.3 Å². The zero-order valence-corrected chi connectivity index (χ0v) is 12.0. The summed E-state index contributed by atoms with van der Waals surface area (Å²) < 4.78 is 11.7. The molecule has 0 saturated carbocycles. The Labute approximate surface area is 112 Å². The molecule has 0 radical (unpaired) electrons. The minimum atomic E-state index is 0.735. The fraction of sp³-hybridized carbons (Fsp3) is 0.538. The summed E-state index contributed by atoms with van der Waals surface area (Å²) in [7, 11) is 1.66. The van der Waals surface area contributed by atoms with Gasteiger partial charge >= 0.3 is 0 Å². The molecule has 96 valence electrons. The van der Waals surface area contributed by atoms with Crippen molar-refractivity contribution in [3.63, 3.8) is 0 Å². The molecular weight excluding hydrogens is 282 g/mol. The normalized spacial score (nSPS) is 10.3. The first-order chi connectivity index (χ1) is 8.27. The van der Waals surface area contributed by atoms with Gasteiger partial charge in [0.05, 0.1) is 18.2 Å². The molecule has 0 aromatic heterocycles. The molecule has 0 fully saturated rings. The monoisotopic (exact) mass is 301 g/mol. The predicted molar refractivity (Wildman–Crippen MR) is 74.9 cm³/mol. The van der Waals surface area contributed by atoms with E-state index >= 15 is 0 Å². The Bertz CT molecular complexity index is 331. The molecule has 1 aromatic rings. The zero-order valence-electron chi connectivity index (χ0n) is 10.5. The summed E-state index contributed by atoms with van der Waals surface area (Å²) in [4.78, 5) is 0. The highest BCUT2D eigenvalue weighted by atomic mass is 79.9. The lowest BCUT2D eigenvalue weighted by Gasteiger charge is -2.09. The van der Waals surface area contributed by atoms with Crippen molar-refractivity contribution in [3.8, 4) is 5.75 Å². The van der Waals surface area contributed by atoms with E-state index in [0.29, 0.717) is 0 Å². The number of methoxy groups -OCH3 is 1. The zero-order chi connectivity index (χ0) is 12.5. The number of anilines is 1. The van der Waals surface area contributed by atoms with Crippen LogP contribution in [0.2, 0.25) is 0 Å².